The highest BCUT2D eigenvalue weighted by Gasteiger charge is 2.62. The van der Waals surface area contributed by atoms with Gasteiger partial charge in [0.2, 0.25) is 0 Å². The maximum Gasteiger partial charge on any atom is 0.100 e. The summed E-state index contributed by atoms with van der Waals surface area (Å²) in [6.07, 6.45) is 7.15. The van der Waals surface area contributed by atoms with Crippen molar-refractivity contribution >= 4 is 0 Å². The first-order valence-electron chi connectivity index (χ1n) is 9.03. The van der Waals surface area contributed by atoms with Crippen LogP contribution < -0.4 is 0 Å². The summed E-state index contributed by atoms with van der Waals surface area (Å²) >= 11 is 0. The molecule has 0 saturated carbocycles. The van der Waals surface area contributed by atoms with Gasteiger partial charge in [-0.2, -0.15) is 0 Å². The van der Waals surface area contributed by atoms with E-state index in [0.29, 0.717) is 12.5 Å². The molecule has 1 aliphatic heterocycles. The van der Waals surface area contributed by atoms with E-state index in [1.807, 2.05) is 0 Å². The minimum atomic E-state index is -0.174. The van der Waals surface area contributed by atoms with Crippen LogP contribution in [-0.4, -0.2) is 20.3 Å². The van der Waals surface area contributed by atoms with Crippen LogP contribution in [-0.2, 0) is 14.9 Å². The van der Waals surface area contributed by atoms with Crippen molar-refractivity contribution in [3.63, 3.8) is 0 Å². The smallest absolute Gasteiger partial charge is 0.100 e. The number of ether oxygens (including phenoxy) is 2. The van der Waals surface area contributed by atoms with Crippen LogP contribution in [0.25, 0.3) is 0 Å². The van der Waals surface area contributed by atoms with Crippen molar-refractivity contribution in [2.45, 2.75) is 11.3 Å². The minimum absolute atomic E-state index is 0.164. The van der Waals surface area contributed by atoms with Crippen LogP contribution in [0.4, 0.5) is 0 Å². The van der Waals surface area contributed by atoms with Crippen LogP contribution in [0.2, 0.25) is 0 Å². The number of rotatable bonds is 1. The Kier molecular flexibility index (Phi) is 2.47. The molecule has 2 aromatic rings. The summed E-state index contributed by atoms with van der Waals surface area (Å²) in [4.78, 5) is 0. The Balaban J connectivity index is 1.83. The highest BCUT2D eigenvalue weighted by molar-refractivity contribution is 5.64. The van der Waals surface area contributed by atoms with E-state index in [4.69, 9.17) is 9.47 Å². The van der Waals surface area contributed by atoms with Crippen molar-refractivity contribution < 1.29 is 9.47 Å². The molecule has 7 aliphatic rings. The molecule has 0 radical (unpaired) electrons. The van der Waals surface area contributed by atoms with Gasteiger partial charge in [-0.1, -0.05) is 60.7 Å². The van der Waals surface area contributed by atoms with Crippen molar-refractivity contribution in [3.05, 3.63) is 94.8 Å². The highest BCUT2D eigenvalue weighted by atomic mass is 16.5. The number of hydrogen-bond acceptors (Lipinski definition) is 2. The quantitative estimate of drug-likeness (QED) is 0.732. The van der Waals surface area contributed by atoms with Crippen LogP contribution in [0.5, 0.6) is 0 Å². The molecule has 9 rings (SSSR count). The topological polar surface area (TPSA) is 18.5 Å². The molecule has 0 aromatic heterocycles. The van der Waals surface area contributed by atoms with Gasteiger partial charge in [-0.05, 0) is 28.3 Å². The molecule has 2 aromatic carbocycles. The summed E-state index contributed by atoms with van der Waals surface area (Å²) in [5, 5.41) is 0. The van der Waals surface area contributed by atoms with Crippen LogP contribution >= 0.6 is 0 Å². The second-order valence-electron chi connectivity index (χ2n) is 7.73. The first-order chi connectivity index (χ1) is 12.3. The van der Waals surface area contributed by atoms with Crippen molar-refractivity contribution in [2.24, 2.45) is 11.3 Å². The fourth-order valence-corrected chi connectivity index (χ4v) is 5.89. The Morgan fingerprint density at radius 2 is 1.64 bits per heavy atom. The number of allylic oxidation sites excluding steroid dienone is 1. The zero-order valence-electron chi connectivity index (χ0n) is 14.2. The molecule has 124 valence electrons. The molecular weight excluding hydrogens is 308 g/mol. The third kappa shape index (κ3) is 1.39. The van der Waals surface area contributed by atoms with Crippen molar-refractivity contribution in [1.29, 1.82) is 0 Å². The second kappa shape index (κ2) is 4.44. The van der Waals surface area contributed by atoms with Crippen molar-refractivity contribution in [1.82, 2.24) is 0 Å². The molecule has 1 saturated heterocycles. The predicted molar refractivity (Wildman–Crippen MR) is 96.5 cm³/mol. The highest BCUT2D eigenvalue weighted by Crippen LogP contribution is 2.65. The first-order valence-corrected chi connectivity index (χ1v) is 9.03. The van der Waals surface area contributed by atoms with E-state index >= 15 is 0 Å². The van der Waals surface area contributed by atoms with Gasteiger partial charge in [0.25, 0.3) is 0 Å². The summed E-state index contributed by atoms with van der Waals surface area (Å²) < 4.78 is 12.1. The third-order valence-corrected chi connectivity index (χ3v) is 6.89. The minimum Gasteiger partial charge on any atom is -0.501 e. The van der Waals surface area contributed by atoms with Gasteiger partial charge in [0.1, 0.15) is 5.76 Å². The summed E-state index contributed by atoms with van der Waals surface area (Å²) in [5.74, 6) is 1.64. The van der Waals surface area contributed by atoms with E-state index in [1.165, 1.54) is 22.3 Å². The Morgan fingerprint density at radius 3 is 2.32 bits per heavy atom. The summed E-state index contributed by atoms with van der Waals surface area (Å²) in [7, 11) is 1.81. The molecule has 2 atom stereocenters. The van der Waals surface area contributed by atoms with E-state index in [-0.39, 0.29) is 16.7 Å². The average molecular weight is 328 g/mol. The normalized spacial score (nSPS) is 36.1. The third-order valence-electron chi connectivity index (χ3n) is 6.89. The van der Waals surface area contributed by atoms with Gasteiger partial charge in [-0.15, -0.1) is 0 Å². The molecule has 0 amide bonds. The molecule has 2 nitrogen and oxygen atoms in total. The van der Waals surface area contributed by atoms with E-state index in [0.717, 1.165) is 12.4 Å². The van der Waals surface area contributed by atoms with Gasteiger partial charge in [0.15, 0.2) is 0 Å². The van der Waals surface area contributed by atoms with Gasteiger partial charge in [-0.3, -0.25) is 0 Å². The zero-order chi connectivity index (χ0) is 16.6. The van der Waals surface area contributed by atoms with Crippen LogP contribution in [0, 0.1) is 11.3 Å². The molecule has 2 unspecified atom stereocenters. The molecule has 2 heteroatoms. The molecule has 4 bridgehead atoms. The van der Waals surface area contributed by atoms with E-state index in [2.05, 4.69) is 66.8 Å². The van der Waals surface area contributed by atoms with Crippen LogP contribution in [0.1, 0.15) is 28.2 Å². The maximum absolute atomic E-state index is 6.20. The molecule has 0 N–H and O–H groups in total. The van der Waals surface area contributed by atoms with E-state index in [9.17, 15) is 0 Å². The van der Waals surface area contributed by atoms with Gasteiger partial charge < -0.3 is 9.47 Å². The van der Waals surface area contributed by atoms with Crippen LogP contribution in [0.15, 0.2) is 72.5 Å². The van der Waals surface area contributed by atoms with Crippen LogP contribution in [0.3, 0.4) is 0 Å². The van der Waals surface area contributed by atoms with Gasteiger partial charge in [0, 0.05) is 17.3 Å². The lowest BCUT2D eigenvalue weighted by molar-refractivity contribution is 0.174. The zero-order valence-corrected chi connectivity index (χ0v) is 14.2. The van der Waals surface area contributed by atoms with Crippen molar-refractivity contribution in [3.8, 4) is 0 Å². The maximum atomic E-state index is 6.20. The molecule has 1 fully saturated rings. The standard InChI is InChI=1S/C23H20O2/c1-24-20-12-22-11-10-17(20)21-15-6-2-4-8-18(15)23(22,14-25-13-22)19-9-5-3-7-16(19)21/h2-12,17,21H,13-14H2,1H3. The van der Waals surface area contributed by atoms with Crippen molar-refractivity contribution in [2.75, 3.05) is 20.3 Å². The van der Waals surface area contributed by atoms with E-state index < -0.39 is 0 Å². The van der Waals surface area contributed by atoms with Gasteiger partial charge in [0.05, 0.1) is 25.7 Å². The number of hydrogen-bond donors (Lipinski definition) is 0. The molecular formula is C23H20O2. The molecule has 6 aliphatic carbocycles. The van der Waals surface area contributed by atoms with Gasteiger partial charge in [-0.25, -0.2) is 0 Å². The number of methoxy groups -OCH3 is 1. The Hall–Kier alpha value is -2.32. The summed E-state index contributed by atoms with van der Waals surface area (Å²) in [6, 6.07) is 18.0. The van der Waals surface area contributed by atoms with E-state index in [1.54, 1.807) is 7.11 Å². The lowest BCUT2D eigenvalue weighted by Gasteiger charge is -2.53. The Labute approximate surface area is 147 Å². The fourth-order valence-electron chi connectivity index (χ4n) is 5.89. The predicted octanol–water partition coefficient (Wildman–Crippen LogP) is 4.16. The Morgan fingerprint density at radius 1 is 0.960 bits per heavy atom. The lowest BCUT2D eigenvalue weighted by Crippen LogP contribution is -2.51. The largest absolute Gasteiger partial charge is 0.501 e. The SMILES string of the molecule is COC1=CC23C=CC1C1c4ccccc4C2(COC3)c2ccccc21. The lowest BCUT2D eigenvalue weighted by atomic mass is 9.48. The molecule has 25 heavy (non-hydrogen) atoms. The Bertz CT molecular complexity index is 907. The first kappa shape index (κ1) is 13.9. The summed E-state index contributed by atoms with van der Waals surface area (Å²) in [5.41, 5.74) is 5.42. The fraction of sp³-hybridized carbons (Fsp3) is 0.304. The monoisotopic (exact) mass is 328 g/mol. The molecule has 1 heterocycles. The second-order valence-corrected chi connectivity index (χ2v) is 7.73. The average Bonchev–Trinajstić information content (AvgIpc) is 2.98. The molecule has 2 spiro atoms. The summed E-state index contributed by atoms with van der Waals surface area (Å²) in [6.45, 7) is 1.42. The van der Waals surface area contributed by atoms with Gasteiger partial charge >= 0.3 is 0 Å². The number of benzene rings is 2.